The lowest BCUT2D eigenvalue weighted by atomic mass is 9.98. The molecule has 4 aromatic carbocycles. The average Bonchev–Trinajstić information content (AvgIpc) is 3.02. The van der Waals surface area contributed by atoms with E-state index >= 15 is 0 Å². The van der Waals surface area contributed by atoms with Crippen molar-refractivity contribution in [3.63, 3.8) is 0 Å². The number of ether oxygens (including phenoxy) is 4. The van der Waals surface area contributed by atoms with E-state index in [1.165, 1.54) is 0 Å². The number of carbonyl (C=O) groups is 2. The number of hydrogen-bond acceptors (Lipinski definition) is 6. The minimum Gasteiger partial charge on any atom is -0.494 e. The summed E-state index contributed by atoms with van der Waals surface area (Å²) in [5, 5.41) is 0. The van der Waals surface area contributed by atoms with Crippen LogP contribution in [0.1, 0.15) is 65.8 Å². The van der Waals surface area contributed by atoms with Crippen LogP contribution >= 0.6 is 0 Å². The molecular weight excluding hydrogens is 528 g/mol. The minimum atomic E-state index is -0.477. The molecule has 0 heterocycles. The number of unbranched alkanes of at least 4 members (excludes halogenated alkanes) is 2. The highest BCUT2D eigenvalue weighted by Gasteiger charge is 2.15. The van der Waals surface area contributed by atoms with Gasteiger partial charge < -0.3 is 18.9 Å². The first-order valence-corrected chi connectivity index (χ1v) is 14.3. The molecule has 216 valence electrons. The molecule has 0 aliphatic heterocycles. The van der Waals surface area contributed by atoms with Gasteiger partial charge in [0.25, 0.3) is 0 Å². The van der Waals surface area contributed by atoms with Gasteiger partial charge in [-0.3, -0.25) is 0 Å². The summed E-state index contributed by atoms with van der Waals surface area (Å²) >= 11 is 0. The highest BCUT2D eigenvalue weighted by molar-refractivity contribution is 5.96. The Labute approximate surface area is 247 Å². The highest BCUT2D eigenvalue weighted by Crippen LogP contribution is 2.26. The van der Waals surface area contributed by atoms with E-state index in [0.29, 0.717) is 41.4 Å². The Morgan fingerprint density at radius 2 is 1.10 bits per heavy atom. The van der Waals surface area contributed by atoms with Crippen molar-refractivity contribution in [2.45, 2.75) is 39.5 Å². The van der Waals surface area contributed by atoms with Crippen molar-refractivity contribution in [3.05, 3.63) is 114 Å². The van der Waals surface area contributed by atoms with Gasteiger partial charge in [-0.25, -0.2) is 9.59 Å². The van der Waals surface area contributed by atoms with Crippen LogP contribution in [0.15, 0.2) is 97.6 Å². The summed E-state index contributed by atoms with van der Waals surface area (Å²) in [5.41, 5.74) is 3.21. The summed E-state index contributed by atoms with van der Waals surface area (Å²) in [6.45, 7) is 9.40. The zero-order valence-corrected chi connectivity index (χ0v) is 24.1. The van der Waals surface area contributed by atoms with E-state index in [4.69, 9.17) is 18.9 Å². The van der Waals surface area contributed by atoms with E-state index < -0.39 is 11.9 Å². The van der Waals surface area contributed by atoms with Crippen molar-refractivity contribution in [3.8, 4) is 34.1 Å². The zero-order chi connectivity index (χ0) is 29.7. The molecule has 0 bridgehead atoms. The van der Waals surface area contributed by atoms with Crippen molar-refractivity contribution < 1.29 is 28.5 Å². The van der Waals surface area contributed by atoms with Gasteiger partial charge in [-0.1, -0.05) is 57.5 Å². The Balaban J connectivity index is 1.38. The number of hydrogen-bond donors (Lipinski definition) is 0. The van der Waals surface area contributed by atoms with Gasteiger partial charge in [-0.15, -0.1) is 0 Å². The molecule has 0 radical (unpaired) electrons. The van der Waals surface area contributed by atoms with Crippen molar-refractivity contribution >= 4 is 18.0 Å². The third kappa shape index (κ3) is 8.33. The van der Waals surface area contributed by atoms with Crippen LogP contribution in [0.4, 0.5) is 0 Å². The molecule has 0 saturated carbocycles. The van der Waals surface area contributed by atoms with Crippen LogP contribution in [-0.4, -0.2) is 25.2 Å². The Kier molecular flexibility index (Phi) is 10.9. The summed E-state index contributed by atoms with van der Waals surface area (Å²) in [4.78, 5) is 25.6. The lowest BCUT2D eigenvalue weighted by molar-refractivity contribution is 0.0725. The molecule has 0 aliphatic carbocycles. The van der Waals surface area contributed by atoms with E-state index in [-0.39, 0.29) is 0 Å². The minimum absolute atomic E-state index is 0.402. The zero-order valence-electron chi connectivity index (χ0n) is 24.1. The molecule has 0 amide bonds. The number of benzene rings is 4. The number of esters is 2. The van der Waals surface area contributed by atoms with E-state index in [1.807, 2.05) is 24.3 Å². The first-order chi connectivity index (χ1) is 20.5. The summed E-state index contributed by atoms with van der Waals surface area (Å²) < 4.78 is 22.4. The van der Waals surface area contributed by atoms with Gasteiger partial charge in [0.15, 0.2) is 0 Å². The predicted molar refractivity (Wildman–Crippen MR) is 166 cm³/mol. The Morgan fingerprint density at radius 3 is 1.60 bits per heavy atom. The molecule has 0 saturated heterocycles. The van der Waals surface area contributed by atoms with Crippen LogP contribution in [-0.2, 0) is 0 Å². The molecule has 0 atom stereocenters. The second kappa shape index (κ2) is 15.2. The van der Waals surface area contributed by atoms with Crippen LogP contribution in [0, 0.1) is 0 Å². The molecule has 4 rings (SSSR count). The fraction of sp³-hybridized carbons (Fsp3) is 0.222. The smallest absolute Gasteiger partial charge is 0.344 e. The molecule has 42 heavy (non-hydrogen) atoms. The molecule has 6 nitrogen and oxygen atoms in total. The van der Waals surface area contributed by atoms with E-state index in [1.54, 1.807) is 72.8 Å². The SMILES string of the molecule is C=Cc1cc(-c2ccc(C(=O)Oc3ccc(OCCCC)cc3)cc2)ccc1C(=O)Oc1ccc(OCCCC)cc1. The molecule has 0 aliphatic rings. The van der Waals surface area contributed by atoms with Gasteiger partial charge in [0.2, 0.25) is 0 Å². The fourth-order valence-electron chi connectivity index (χ4n) is 4.10. The van der Waals surface area contributed by atoms with Crippen molar-refractivity contribution in [1.82, 2.24) is 0 Å². The quantitative estimate of drug-likeness (QED) is 0.0866. The van der Waals surface area contributed by atoms with Gasteiger partial charge in [0.1, 0.15) is 23.0 Å². The molecule has 0 unspecified atom stereocenters. The largest absolute Gasteiger partial charge is 0.494 e. The first kappa shape index (κ1) is 30.1. The molecular formula is C36H36O6. The summed E-state index contributed by atoms with van der Waals surface area (Å²) in [7, 11) is 0. The maximum atomic E-state index is 12.9. The van der Waals surface area contributed by atoms with Crippen LogP contribution in [0.5, 0.6) is 23.0 Å². The van der Waals surface area contributed by atoms with E-state index in [0.717, 1.165) is 48.3 Å². The molecule has 0 aromatic heterocycles. The van der Waals surface area contributed by atoms with Crippen LogP contribution in [0.25, 0.3) is 17.2 Å². The fourth-order valence-corrected chi connectivity index (χ4v) is 4.10. The Bertz CT molecular complexity index is 1470. The second-order valence-corrected chi connectivity index (χ2v) is 9.71. The van der Waals surface area contributed by atoms with Crippen molar-refractivity contribution in [1.29, 1.82) is 0 Å². The Morgan fingerprint density at radius 1 is 0.619 bits per heavy atom. The molecule has 4 aromatic rings. The van der Waals surface area contributed by atoms with Crippen LogP contribution < -0.4 is 18.9 Å². The van der Waals surface area contributed by atoms with Gasteiger partial charge in [0, 0.05) is 0 Å². The van der Waals surface area contributed by atoms with E-state index in [9.17, 15) is 9.59 Å². The monoisotopic (exact) mass is 564 g/mol. The van der Waals surface area contributed by atoms with Gasteiger partial charge in [-0.2, -0.15) is 0 Å². The third-order valence-electron chi connectivity index (χ3n) is 6.55. The summed E-state index contributed by atoms with van der Waals surface area (Å²) in [6, 6.07) is 26.5. The normalized spacial score (nSPS) is 10.5. The molecule has 0 spiro atoms. The molecule has 0 N–H and O–H groups in total. The van der Waals surface area contributed by atoms with Gasteiger partial charge >= 0.3 is 11.9 Å². The van der Waals surface area contributed by atoms with Crippen molar-refractivity contribution in [2.75, 3.05) is 13.2 Å². The maximum Gasteiger partial charge on any atom is 0.344 e. The summed E-state index contributed by atoms with van der Waals surface area (Å²) in [6.07, 6.45) is 5.72. The number of rotatable bonds is 14. The van der Waals surface area contributed by atoms with Crippen LogP contribution in [0.3, 0.4) is 0 Å². The lowest BCUT2D eigenvalue weighted by Gasteiger charge is -2.11. The van der Waals surface area contributed by atoms with Crippen LogP contribution in [0.2, 0.25) is 0 Å². The van der Waals surface area contributed by atoms with Gasteiger partial charge in [0.05, 0.1) is 24.3 Å². The topological polar surface area (TPSA) is 71.1 Å². The van der Waals surface area contributed by atoms with Crippen molar-refractivity contribution in [2.24, 2.45) is 0 Å². The molecule has 0 fully saturated rings. The lowest BCUT2D eigenvalue weighted by Crippen LogP contribution is -2.10. The first-order valence-electron chi connectivity index (χ1n) is 14.3. The standard InChI is InChI=1S/C36H36O6/c1-4-7-23-39-30-14-18-32(19-15-30)41-35(37)28-11-9-27(10-12-28)29-13-22-34(26(6-3)25-29)36(38)42-33-20-16-31(17-21-33)40-24-8-5-2/h6,9-22,25H,3-5,7-8,23-24H2,1-2H3. The maximum absolute atomic E-state index is 12.9. The Hall–Kier alpha value is -4.84. The molecule has 6 heteroatoms. The average molecular weight is 565 g/mol. The third-order valence-corrected chi connectivity index (χ3v) is 6.55. The summed E-state index contributed by atoms with van der Waals surface area (Å²) in [5.74, 6) is 1.43. The highest BCUT2D eigenvalue weighted by atomic mass is 16.5. The second-order valence-electron chi connectivity index (χ2n) is 9.71. The van der Waals surface area contributed by atoms with Gasteiger partial charge in [-0.05, 0) is 102 Å². The van der Waals surface area contributed by atoms with E-state index in [2.05, 4.69) is 20.4 Å². The number of carbonyl (C=O) groups excluding carboxylic acids is 2. The predicted octanol–water partition coefficient (Wildman–Crippen LogP) is 8.79.